The zero-order valence-corrected chi connectivity index (χ0v) is 11.7. The molecule has 0 aliphatic rings. The van der Waals surface area contributed by atoms with Crippen LogP contribution in [-0.4, -0.2) is 15.0 Å². The van der Waals surface area contributed by atoms with Crippen LogP contribution in [0.2, 0.25) is 5.02 Å². The third-order valence-electron chi connectivity index (χ3n) is 2.91. The van der Waals surface area contributed by atoms with Gasteiger partial charge in [0, 0.05) is 22.5 Å². The van der Waals surface area contributed by atoms with E-state index in [4.69, 9.17) is 11.6 Å². The van der Waals surface area contributed by atoms with Crippen LogP contribution in [-0.2, 0) is 0 Å². The molecule has 0 saturated carbocycles. The monoisotopic (exact) mass is 281 g/mol. The molecule has 2 heterocycles. The van der Waals surface area contributed by atoms with Gasteiger partial charge in [0.25, 0.3) is 0 Å². The maximum atomic E-state index is 5.90. The van der Waals surface area contributed by atoms with Gasteiger partial charge >= 0.3 is 0 Å². The standard InChI is InChI=1S/C16H12ClN3/c1-11-9-10-18-16(19-11)15-4-2-3-14(20-15)12-5-7-13(17)8-6-12/h2-10H,1H3. The Kier molecular flexibility index (Phi) is 3.44. The third kappa shape index (κ3) is 2.68. The molecule has 0 bridgehead atoms. The molecule has 0 radical (unpaired) electrons. The lowest BCUT2D eigenvalue weighted by Crippen LogP contribution is -1.94. The van der Waals surface area contributed by atoms with Crippen LogP contribution in [0.4, 0.5) is 0 Å². The van der Waals surface area contributed by atoms with Crippen LogP contribution in [0, 0.1) is 6.92 Å². The number of aromatic nitrogens is 3. The highest BCUT2D eigenvalue weighted by Gasteiger charge is 2.05. The Morgan fingerprint density at radius 3 is 2.35 bits per heavy atom. The quantitative estimate of drug-likeness (QED) is 0.708. The van der Waals surface area contributed by atoms with Crippen molar-refractivity contribution < 1.29 is 0 Å². The Hall–Kier alpha value is -2.26. The van der Waals surface area contributed by atoms with Crippen LogP contribution in [0.5, 0.6) is 0 Å². The van der Waals surface area contributed by atoms with Crippen molar-refractivity contribution in [1.82, 2.24) is 15.0 Å². The largest absolute Gasteiger partial charge is 0.244 e. The zero-order valence-electron chi connectivity index (χ0n) is 10.9. The molecule has 0 aliphatic heterocycles. The van der Waals surface area contributed by atoms with E-state index in [1.165, 1.54) is 0 Å². The molecule has 0 fully saturated rings. The van der Waals surface area contributed by atoms with Gasteiger partial charge in [-0.15, -0.1) is 0 Å². The number of nitrogens with zero attached hydrogens (tertiary/aromatic N) is 3. The number of hydrogen-bond acceptors (Lipinski definition) is 3. The van der Waals surface area contributed by atoms with E-state index in [9.17, 15) is 0 Å². The maximum Gasteiger partial charge on any atom is 0.178 e. The van der Waals surface area contributed by atoms with Gasteiger partial charge in [0.2, 0.25) is 0 Å². The molecule has 0 saturated heterocycles. The molecule has 0 amide bonds. The predicted molar refractivity (Wildman–Crippen MR) is 80.4 cm³/mol. The minimum absolute atomic E-state index is 0.640. The third-order valence-corrected chi connectivity index (χ3v) is 3.16. The van der Waals surface area contributed by atoms with Crippen LogP contribution >= 0.6 is 11.6 Å². The molecule has 0 atom stereocenters. The Morgan fingerprint density at radius 1 is 0.850 bits per heavy atom. The number of pyridine rings is 1. The van der Waals surface area contributed by atoms with Gasteiger partial charge in [-0.2, -0.15) is 0 Å². The fraction of sp³-hybridized carbons (Fsp3) is 0.0625. The van der Waals surface area contributed by atoms with Crippen LogP contribution in [0.15, 0.2) is 54.7 Å². The smallest absolute Gasteiger partial charge is 0.178 e. The number of benzene rings is 1. The van der Waals surface area contributed by atoms with Crippen molar-refractivity contribution in [3.05, 3.63) is 65.4 Å². The summed E-state index contributed by atoms with van der Waals surface area (Å²) in [6.07, 6.45) is 1.74. The summed E-state index contributed by atoms with van der Waals surface area (Å²) in [7, 11) is 0. The van der Waals surface area contributed by atoms with Crippen molar-refractivity contribution in [3.63, 3.8) is 0 Å². The molecule has 4 heteroatoms. The molecule has 3 aromatic rings. The fourth-order valence-electron chi connectivity index (χ4n) is 1.91. The van der Waals surface area contributed by atoms with E-state index in [0.29, 0.717) is 10.8 Å². The highest BCUT2D eigenvalue weighted by atomic mass is 35.5. The number of halogens is 1. The van der Waals surface area contributed by atoms with Crippen LogP contribution in [0.1, 0.15) is 5.69 Å². The summed E-state index contributed by atoms with van der Waals surface area (Å²) in [6, 6.07) is 15.3. The summed E-state index contributed by atoms with van der Waals surface area (Å²) in [6.45, 7) is 1.94. The second-order valence-electron chi connectivity index (χ2n) is 4.44. The van der Waals surface area contributed by atoms with Crippen LogP contribution < -0.4 is 0 Å². The van der Waals surface area contributed by atoms with E-state index in [-0.39, 0.29) is 0 Å². The molecule has 3 nitrogen and oxygen atoms in total. The van der Waals surface area contributed by atoms with Gasteiger partial charge in [-0.25, -0.2) is 15.0 Å². The number of hydrogen-bond donors (Lipinski definition) is 0. The first-order valence-corrected chi connectivity index (χ1v) is 6.63. The van der Waals surface area contributed by atoms with Crippen LogP contribution in [0.25, 0.3) is 22.8 Å². The molecule has 3 rings (SSSR count). The molecule has 98 valence electrons. The molecule has 0 N–H and O–H groups in total. The Morgan fingerprint density at radius 2 is 1.60 bits per heavy atom. The van der Waals surface area contributed by atoms with Gasteiger partial charge in [-0.1, -0.05) is 29.8 Å². The van der Waals surface area contributed by atoms with E-state index in [0.717, 1.165) is 22.6 Å². The SMILES string of the molecule is Cc1ccnc(-c2cccc(-c3ccc(Cl)cc3)n2)n1. The minimum Gasteiger partial charge on any atom is -0.244 e. The summed E-state index contributed by atoms with van der Waals surface area (Å²) in [5.41, 5.74) is 3.59. The first-order chi connectivity index (χ1) is 9.72. The Labute approximate surface area is 122 Å². The topological polar surface area (TPSA) is 38.7 Å². The minimum atomic E-state index is 0.640. The fourth-order valence-corrected chi connectivity index (χ4v) is 2.04. The molecule has 0 aliphatic carbocycles. The molecular weight excluding hydrogens is 270 g/mol. The predicted octanol–water partition coefficient (Wildman–Crippen LogP) is 4.17. The van der Waals surface area contributed by atoms with Gasteiger partial charge in [0.05, 0.1) is 5.69 Å². The lowest BCUT2D eigenvalue weighted by atomic mass is 10.1. The van der Waals surface area contributed by atoms with Crippen molar-refractivity contribution in [3.8, 4) is 22.8 Å². The van der Waals surface area contributed by atoms with Crippen molar-refractivity contribution in [2.24, 2.45) is 0 Å². The molecule has 20 heavy (non-hydrogen) atoms. The molecule has 1 aromatic carbocycles. The van der Waals surface area contributed by atoms with E-state index in [1.807, 2.05) is 55.5 Å². The second kappa shape index (κ2) is 5.39. The molecule has 0 unspecified atom stereocenters. The first-order valence-electron chi connectivity index (χ1n) is 6.25. The first kappa shape index (κ1) is 12.8. The van der Waals surface area contributed by atoms with E-state index >= 15 is 0 Å². The van der Waals surface area contributed by atoms with E-state index in [1.54, 1.807) is 6.20 Å². The molecular formula is C16H12ClN3. The summed E-state index contributed by atoms with van der Waals surface area (Å²) >= 11 is 5.90. The zero-order chi connectivity index (χ0) is 13.9. The average Bonchev–Trinajstić information content (AvgIpc) is 2.48. The normalized spacial score (nSPS) is 10.5. The second-order valence-corrected chi connectivity index (χ2v) is 4.87. The van der Waals surface area contributed by atoms with Gasteiger partial charge in [0.15, 0.2) is 5.82 Å². The van der Waals surface area contributed by atoms with Gasteiger partial charge < -0.3 is 0 Å². The van der Waals surface area contributed by atoms with Gasteiger partial charge in [0.1, 0.15) is 5.69 Å². The van der Waals surface area contributed by atoms with Crippen molar-refractivity contribution in [1.29, 1.82) is 0 Å². The highest BCUT2D eigenvalue weighted by Crippen LogP contribution is 2.22. The summed E-state index contributed by atoms with van der Waals surface area (Å²) < 4.78 is 0. The average molecular weight is 282 g/mol. The number of rotatable bonds is 2. The number of aryl methyl sites for hydroxylation is 1. The lowest BCUT2D eigenvalue weighted by Gasteiger charge is -2.04. The van der Waals surface area contributed by atoms with Crippen LogP contribution in [0.3, 0.4) is 0 Å². The maximum absolute atomic E-state index is 5.90. The van der Waals surface area contributed by atoms with Crippen molar-refractivity contribution >= 4 is 11.6 Å². The van der Waals surface area contributed by atoms with E-state index in [2.05, 4.69) is 15.0 Å². The Balaban J connectivity index is 2.03. The van der Waals surface area contributed by atoms with E-state index < -0.39 is 0 Å². The lowest BCUT2D eigenvalue weighted by molar-refractivity contribution is 1.09. The highest BCUT2D eigenvalue weighted by molar-refractivity contribution is 6.30. The molecule has 0 spiro atoms. The van der Waals surface area contributed by atoms with Crippen molar-refractivity contribution in [2.75, 3.05) is 0 Å². The summed E-state index contributed by atoms with van der Waals surface area (Å²) in [5.74, 6) is 0.640. The van der Waals surface area contributed by atoms with Crippen molar-refractivity contribution in [2.45, 2.75) is 6.92 Å². The van der Waals surface area contributed by atoms with Gasteiger partial charge in [-0.05, 0) is 37.3 Å². The van der Waals surface area contributed by atoms with Gasteiger partial charge in [-0.3, -0.25) is 0 Å². The molecule has 2 aromatic heterocycles. The Bertz CT molecular complexity index is 739. The summed E-state index contributed by atoms with van der Waals surface area (Å²) in [5, 5.41) is 0.715. The summed E-state index contributed by atoms with van der Waals surface area (Å²) in [4.78, 5) is 13.3.